The van der Waals surface area contributed by atoms with Gasteiger partial charge < -0.3 is 5.11 Å². The lowest BCUT2D eigenvalue weighted by atomic mass is 9.87. The fourth-order valence-electron chi connectivity index (χ4n) is 3.44. The molecule has 2 atom stereocenters. The molecule has 0 saturated heterocycles. The van der Waals surface area contributed by atoms with Crippen molar-refractivity contribution in [1.29, 1.82) is 0 Å². The summed E-state index contributed by atoms with van der Waals surface area (Å²) >= 11 is 0. The Morgan fingerprint density at radius 3 is 2.50 bits per heavy atom. The molecule has 1 heterocycles. The Morgan fingerprint density at radius 2 is 1.92 bits per heavy atom. The third kappa shape index (κ3) is 2.83. The van der Waals surface area contributed by atoms with E-state index in [-0.39, 0.29) is 34.8 Å². The van der Waals surface area contributed by atoms with Crippen LogP contribution in [0.1, 0.15) is 42.5 Å². The van der Waals surface area contributed by atoms with Gasteiger partial charge in [-0.1, -0.05) is 12.8 Å². The van der Waals surface area contributed by atoms with E-state index in [9.17, 15) is 33.2 Å². The van der Waals surface area contributed by atoms with Gasteiger partial charge in [0.05, 0.1) is 10.8 Å². The van der Waals surface area contributed by atoms with E-state index in [2.05, 4.69) is 5.10 Å². The molecule has 1 fully saturated rings. The summed E-state index contributed by atoms with van der Waals surface area (Å²) in [6, 6.07) is 4.12. The molecule has 140 valence electrons. The summed E-state index contributed by atoms with van der Waals surface area (Å²) in [4.78, 5) is 22.6. The number of nitro benzene ring substituents is 1. The molecular formula is C16H16F3N3O4. The van der Waals surface area contributed by atoms with Crippen LogP contribution in [0.15, 0.2) is 29.4 Å². The van der Waals surface area contributed by atoms with E-state index in [0.717, 1.165) is 30.7 Å². The molecule has 1 amide bonds. The minimum atomic E-state index is -5.09. The molecule has 1 aliphatic carbocycles. The lowest BCUT2D eigenvalue weighted by Gasteiger charge is -2.37. The van der Waals surface area contributed by atoms with E-state index in [4.69, 9.17) is 0 Å². The third-order valence-corrected chi connectivity index (χ3v) is 4.80. The van der Waals surface area contributed by atoms with Gasteiger partial charge in [0.2, 0.25) is 0 Å². The van der Waals surface area contributed by atoms with Crippen molar-refractivity contribution in [1.82, 2.24) is 5.01 Å². The van der Waals surface area contributed by atoms with Crippen LogP contribution >= 0.6 is 0 Å². The van der Waals surface area contributed by atoms with E-state index in [0.29, 0.717) is 12.8 Å². The van der Waals surface area contributed by atoms with Gasteiger partial charge in [0, 0.05) is 23.4 Å². The third-order valence-electron chi connectivity index (χ3n) is 4.80. The maximum atomic E-state index is 13.7. The Labute approximate surface area is 146 Å². The average molecular weight is 371 g/mol. The van der Waals surface area contributed by atoms with Crippen molar-refractivity contribution >= 4 is 17.3 Å². The molecule has 7 nitrogen and oxygen atoms in total. The van der Waals surface area contributed by atoms with Crippen molar-refractivity contribution in [2.45, 2.75) is 44.0 Å². The van der Waals surface area contributed by atoms with Crippen molar-refractivity contribution in [3.8, 4) is 0 Å². The fourth-order valence-corrected chi connectivity index (χ4v) is 3.44. The lowest BCUT2D eigenvalue weighted by molar-refractivity contribution is -0.384. The van der Waals surface area contributed by atoms with Crippen molar-refractivity contribution in [3.05, 3.63) is 39.9 Å². The number of nitrogens with zero attached hydrogens (tertiary/aromatic N) is 3. The van der Waals surface area contributed by atoms with E-state index in [1.54, 1.807) is 0 Å². The molecule has 1 aromatic carbocycles. The Hall–Kier alpha value is -2.49. The Kier molecular flexibility index (Phi) is 4.47. The number of fused-ring (bicyclic) bond motifs is 1. The van der Waals surface area contributed by atoms with Crippen LogP contribution in [0.25, 0.3) is 0 Å². The van der Waals surface area contributed by atoms with E-state index in [1.165, 1.54) is 0 Å². The second-order valence-electron chi connectivity index (χ2n) is 6.39. The molecule has 26 heavy (non-hydrogen) atoms. The highest BCUT2D eigenvalue weighted by Crippen LogP contribution is 2.48. The number of non-ortho nitro benzene ring substituents is 1. The molecule has 0 bridgehead atoms. The van der Waals surface area contributed by atoms with Crippen molar-refractivity contribution < 1.29 is 28.0 Å². The minimum Gasteiger partial charge on any atom is -0.362 e. The predicted octanol–water partition coefficient (Wildman–Crippen LogP) is 3.24. The highest BCUT2D eigenvalue weighted by molar-refractivity contribution is 5.99. The molecule has 0 spiro atoms. The molecule has 2 aliphatic rings. The summed E-state index contributed by atoms with van der Waals surface area (Å²) in [6.07, 6.45) is -2.85. The van der Waals surface area contributed by atoms with Gasteiger partial charge in [-0.05, 0) is 31.4 Å². The first kappa shape index (κ1) is 18.3. The number of carbonyl (C=O) groups excluding carboxylic acids is 1. The van der Waals surface area contributed by atoms with E-state index >= 15 is 0 Å². The SMILES string of the molecule is O=C(c1ccc([N+](=O)[O-])cc1)N1N=C2CCCCC[C@H]2[C@]1(O)C(F)(F)F. The fraction of sp³-hybridized carbons (Fsp3) is 0.500. The van der Waals surface area contributed by atoms with Crippen LogP contribution in [-0.2, 0) is 0 Å². The first-order chi connectivity index (χ1) is 12.2. The standard InChI is InChI=1S/C16H16F3N3O4/c17-16(18,19)15(24)12-4-2-1-3-5-13(12)20-21(15)14(23)10-6-8-11(9-7-10)22(25)26/h6-9,12,24H,1-5H2/t12-,15+/m1/s1. The smallest absolute Gasteiger partial charge is 0.362 e. The Balaban J connectivity index is 2.00. The van der Waals surface area contributed by atoms with Crippen LogP contribution in [0.4, 0.5) is 18.9 Å². The van der Waals surface area contributed by atoms with Gasteiger partial charge in [-0.3, -0.25) is 14.9 Å². The number of hydrazone groups is 1. The highest BCUT2D eigenvalue weighted by atomic mass is 19.4. The lowest BCUT2D eigenvalue weighted by Crippen LogP contribution is -2.61. The first-order valence-corrected chi connectivity index (χ1v) is 8.11. The van der Waals surface area contributed by atoms with Crippen LogP contribution in [-0.4, -0.2) is 38.6 Å². The Bertz CT molecular complexity index is 763. The minimum absolute atomic E-state index is 0.0822. The Morgan fingerprint density at radius 1 is 1.27 bits per heavy atom. The summed E-state index contributed by atoms with van der Waals surface area (Å²) in [5.74, 6) is -2.45. The van der Waals surface area contributed by atoms with Gasteiger partial charge in [0.25, 0.3) is 17.3 Å². The molecule has 0 radical (unpaired) electrons. The largest absolute Gasteiger partial charge is 0.439 e. The summed E-state index contributed by atoms with van der Waals surface area (Å²) in [5.41, 5.74) is -3.77. The number of alkyl halides is 3. The van der Waals surface area contributed by atoms with Crippen LogP contribution in [0.3, 0.4) is 0 Å². The molecule has 10 heteroatoms. The zero-order valence-corrected chi connectivity index (χ0v) is 13.6. The normalized spacial score (nSPS) is 26.1. The number of carbonyl (C=O) groups is 1. The van der Waals surface area contributed by atoms with Gasteiger partial charge in [-0.25, -0.2) is 0 Å². The summed E-state index contributed by atoms with van der Waals surface area (Å²) in [7, 11) is 0. The topological polar surface area (TPSA) is 96.0 Å². The van der Waals surface area contributed by atoms with Crippen molar-refractivity contribution in [2.24, 2.45) is 11.0 Å². The van der Waals surface area contributed by atoms with Gasteiger partial charge in [0.1, 0.15) is 0 Å². The quantitative estimate of drug-likeness (QED) is 0.638. The highest BCUT2D eigenvalue weighted by Gasteiger charge is 2.68. The second-order valence-corrected chi connectivity index (χ2v) is 6.39. The molecule has 0 aromatic heterocycles. The molecule has 1 saturated carbocycles. The number of rotatable bonds is 2. The second kappa shape index (κ2) is 6.35. The number of hydrogen-bond acceptors (Lipinski definition) is 5. The van der Waals surface area contributed by atoms with E-state index < -0.39 is 28.6 Å². The first-order valence-electron chi connectivity index (χ1n) is 8.11. The summed E-state index contributed by atoms with van der Waals surface area (Å²) in [6.45, 7) is 0. The number of halogens is 3. The van der Waals surface area contributed by atoms with Crippen LogP contribution in [0.2, 0.25) is 0 Å². The van der Waals surface area contributed by atoms with Crippen LogP contribution < -0.4 is 0 Å². The van der Waals surface area contributed by atoms with Gasteiger partial charge in [-0.15, -0.1) is 0 Å². The predicted molar refractivity (Wildman–Crippen MR) is 84.3 cm³/mol. The zero-order valence-electron chi connectivity index (χ0n) is 13.6. The summed E-state index contributed by atoms with van der Waals surface area (Å²) in [5, 5.41) is 25.1. The molecule has 1 aliphatic heterocycles. The zero-order chi connectivity index (χ0) is 19.1. The number of benzene rings is 1. The van der Waals surface area contributed by atoms with Gasteiger partial charge in [0.15, 0.2) is 0 Å². The van der Waals surface area contributed by atoms with Gasteiger partial charge in [-0.2, -0.15) is 23.3 Å². The number of nitro groups is 1. The number of amides is 1. The average Bonchev–Trinajstić information content (AvgIpc) is 2.74. The molecule has 3 rings (SSSR count). The van der Waals surface area contributed by atoms with Crippen molar-refractivity contribution in [3.63, 3.8) is 0 Å². The maximum absolute atomic E-state index is 13.7. The van der Waals surface area contributed by atoms with Crippen LogP contribution in [0, 0.1) is 16.0 Å². The molecule has 1 N–H and O–H groups in total. The molecular weight excluding hydrogens is 355 g/mol. The monoisotopic (exact) mass is 371 g/mol. The molecule has 0 unspecified atom stereocenters. The number of hydrogen-bond donors (Lipinski definition) is 1. The van der Waals surface area contributed by atoms with Crippen molar-refractivity contribution in [2.75, 3.05) is 0 Å². The maximum Gasteiger partial charge on any atom is 0.439 e. The van der Waals surface area contributed by atoms with Gasteiger partial charge >= 0.3 is 6.18 Å². The van der Waals surface area contributed by atoms with Crippen LogP contribution in [0.5, 0.6) is 0 Å². The number of aliphatic hydroxyl groups is 1. The van der Waals surface area contributed by atoms with E-state index in [1.807, 2.05) is 0 Å². The summed E-state index contributed by atoms with van der Waals surface area (Å²) < 4.78 is 41.2. The molecule has 1 aromatic rings.